The minimum absolute atomic E-state index is 0.00250. The first-order chi connectivity index (χ1) is 48.8. The van der Waals surface area contributed by atoms with Crippen LogP contribution in [0.5, 0.6) is 0 Å². The van der Waals surface area contributed by atoms with Crippen LogP contribution in [0.2, 0.25) is 0 Å². The van der Waals surface area contributed by atoms with Crippen molar-refractivity contribution in [2.45, 2.75) is 131 Å². The largest absolute Gasteiger partial charge is 0.310 e. The molecule has 490 valence electrons. The van der Waals surface area contributed by atoms with Gasteiger partial charge in [-0.25, -0.2) is 9.97 Å². The van der Waals surface area contributed by atoms with Gasteiger partial charge in [-0.15, -0.1) is 0 Å². The van der Waals surface area contributed by atoms with Crippen molar-refractivity contribution in [2.24, 2.45) is 10.8 Å². The fourth-order valence-corrected chi connectivity index (χ4v) is 22.3. The van der Waals surface area contributed by atoms with E-state index in [1.54, 1.807) is 0 Å². The molecule has 3 aliphatic carbocycles. The van der Waals surface area contributed by atoms with Gasteiger partial charge < -0.3 is 9.13 Å². The number of aromatic nitrogens is 6. The Balaban J connectivity index is 0.726. The van der Waals surface area contributed by atoms with Crippen LogP contribution >= 0.6 is 0 Å². The minimum Gasteiger partial charge on any atom is -0.310 e. The van der Waals surface area contributed by atoms with Crippen molar-refractivity contribution >= 4 is 123 Å². The van der Waals surface area contributed by atoms with Crippen LogP contribution in [-0.4, -0.2) is 41.7 Å². The highest BCUT2D eigenvalue weighted by atomic mass is 15.1. The molecule has 0 bridgehead atoms. The molecular formula is C94H78B2N6. The third-order valence-electron chi connectivity index (χ3n) is 29.8. The molecule has 23 rings (SSSR count). The molecule has 102 heavy (non-hydrogen) atoms. The molecule has 16 aromatic rings. The molecule has 0 radical (unpaired) electrons. The lowest BCUT2D eigenvalue weighted by atomic mass is 9.33. The smallest absolute Gasteiger partial charge is 0.252 e. The fraction of sp³-hybridized carbons (Fsp3) is 0.234. The lowest BCUT2D eigenvalue weighted by molar-refractivity contribution is 0.125. The zero-order valence-corrected chi connectivity index (χ0v) is 60.9. The van der Waals surface area contributed by atoms with E-state index in [9.17, 15) is 0 Å². The van der Waals surface area contributed by atoms with E-state index in [1.807, 2.05) is 0 Å². The molecule has 4 aromatic heterocycles. The number of aryl methyl sites for hydroxylation is 1. The summed E-state index contributed by atoms with van der Waals surface area (Å²) in [6, 6.07) is 77.9. The van der Waals surface area contributed by atoms with Crippen LogP contribution < -0.4 is 32.8 Å². The number of fused-ring (bicyclic) bond motifs is 22. The second-order valence-corrected chi connectivity index (χ2v) is 35.3. The van der Waals surface area contributed by atoms with Crippen LogP contribution in [0, 0.1) is 17.8 Å². The number of benzene rings is 12. The van der Waals surface area contributed by atoms with Gasteiger partial charge in [-0.05, 0) is 199 Å². The maximum absolute atomic E-state index is 5.87. The van der Waals surface area contributed by atoms with Gasteiger partial charge in [0.2, 0.25) is 0 Å². The zero-order valence-electron chi connectivity index (χ0n) is 60.9. The second-order valence-electron chi connectivity index (χ2n) is 35.3. The Morgan fingerprint density at radius 2 is 0.863 bits per heavy atom. The fourth-order valence-electron chi connectivity index (χ4n) is 22.3. The highest BCUT2D eigenvalue weighted by Gasteiger charge is 2.61. The Labute approximate surface area is 595 Å². The molecule has 4 aliphatic heterocycles. The SMILES string of the molecule is Cc1cc2c3c(c1)-n1c4cc5c(cc4c4cccc(c41)B3c1cc3c(-c4ccc(-c6nc7cccc8c7n6-c6cccc7c6B8c6c8c(cc9c%10cc%11c(cc%10n-7c69)C(C)(C)C(C)(C)C%11(C)C)C(C)(C)C(C)(C)C8(C)C)cc4)cccc3c3nc(-c4ccccc4)n-2c13)-c1ccccc1C5(C)C. The zero-order chi connectivity index (χ0) is 69.2. The van der Waals surface area contributed by atoms with E-state index in [0.29, 0.717) is 0 Å². The number of hydrogen-bond acceptors (Lipinski definition) is 2. The Kier molecular flexibility index (Phi) is 10.2. The van der Waals surface area contributed by atoms with E-state index in [2.05, 4.69) is 322 Å². The lowest BCUT2D eigenvalue weighted by Gasteiger charge is -2.45. The first-order valence-corrected chi connectivity index (χ1v) is 37.2. The topological polar surface area (TPSA) is 45.5 Å². The van der Waals surface area contributed by atoms with Gasteiger partial charge in [0.15, 0.2) is 0 Å². The highest BCUT2D eigenvalue weighted by molar-refractivity contribution is 7.01. The summed E-state index contributed by atoms with van der Waals surface area (Å²) in [5.41, 5.74) is 39.5. The predicted molar refractivity (Wildman–Crippen MR) is 429 cm³/mol. The van der Waals surface area contributed by atoms with Gasteiger partial charge in [-0.1, -0.05) is 236 Å². The van der Waals surface area contributed by atoms with Crippen molar-refractivity contribution < 1.29 is 0 Å². The van der Waals surface area contributed by atoms with Crippen molar-refractivity contribution in [3.8, 4) is 67.8 Å². The number of hydrogen-bond donors (Lipinski definition) is 0. The minimum atomic E-state index is -0.148. The summed E-state index contributed by atoms with van der Waals surface area (Å²) in [4.78, 5) is 11.6. The Morgan fingerprint density at radius 1 is 0.314 bits per heavy atom. The molecular weight excluding hydrogens is 1230 g/mol. The van der Waals surface area contributed by atoms with Crippen molar-refractivity contribution in [1.29, 1.82) is 0 Å². The summed E-state index contributed by atoms with van der Waals surface area (Å²) in [5, 5.41) is 7.71. The van der Waals surface area contributed by atoms with Crippen LogP contribution in [0.25, 0.3) is 144 Å². The maximum atomic E-state index is 5.87. The number of imidazole rings is 2. The summed E-state index contributed by atoms with van der Waals surface area (Å²) in [7, 11) is 0. The maximum Gasteiger partial charge on any atom is 0.252 e. The predicted octanol–water partition coefficient (Wildman–Crippen LogP) is 18.8. The molecule has 8 heteroatoms. The summed E-state index contributed by atoms with van der Waals surface area (Å²) >= 11 is 0. The van der Waals surface area contributed by atoms with Crippen molar-refractivity contribution in [3.05, 3.63) is 239 Å². The molecule has 0 atom stereocenters. The molecule has 0 fully saturated rings. The van der Waals surface area contributed by atoms with Crippen LogP contribution in [0.15, 0.2) is 200 Å². The van der Waals surface area contributed by atoms with E-state index in [-0.39, 0.29) is 51.3 Å². The van der Waals surface area contributed by atoms with E-state index in [0.717, 1.165) is 44.8 Å². The normalized spacial score (nSPS) is 18.1. The van der Waals surface area contributed by atoms with Gasteiger partial charge in [0.25, 0.3) is 13.4 Å². The highest BCUT2D eigenvalue weighted by Crippen LogP contribution is 2.65. The molecule has 0 spiro atoms. The average Bonchev–Trinajstić information content (AvgIpc) is 1.47. The Morgan fingerprint density at radius 3 is 1.63 bits per heavy atom. The van der Waals surface area contributed by atoms with Crippen LogP contribution in [0.3, 0.4) is 0 Å². The molecule has 0 saturated carbocycles. The Hall–Kier alpha value is -10.4. The van der Waals surface area contributed by atoms with Gasteiger partial charge in [0.1, 0.15) is 11.6 Å². The molecule has 8 heterocycles. The molecule has 0 amide bonds. The number of nitrogens with zero attached hydrogens (tertiary/aromatic N) is 6. The summed E-state index contributed by atoms with van der Waals surface area (Å²) in [5.74, 6) is 1.92. The van der Waals surface area contributed by atoms with E-state index in [4.69, 9.17) is 9.97 Å². The first kappa shape index (κ1) is 58.2. The van der Waals surface area contributed by atoms with Gasteiger partial charge >= 0.3 is 0 Å². The van der Waals surface area contributed by atoms with Gasteiger partial charge in [0.05, 0.1) is 33.1 Å². The standard InChI is InChI=1S/C94H78B2N6/c1-49-41-75-79-76(42-49)102-85-69(95(79)67-32-22-30-56-59-43-58-54-27-19-20-31-62(54)88(2,3)63(58)47-73(59)100(75)82(56)67)46-57-53(28-21-29-55(57)81(85)98-87(102)51-25-17-16-18-26-51)50-37-39-52(40-38-50)86-97-70-34-23-33-68-84(70)101(86)72-36-24-35-71-78(72)96(68)80-77-66(91(8,9)94(14,15)92(77,10)11)45-61-60-44-64-65(48-74(60)99(71)83(61)80)90(6,7)93(12,13)89(64,4)5/h16-48H,1-15H3. The third-order valence-corrected chi connectivity index (χ3v) is 29.8. The Bertz CT molecular complexity index is 6730. The second kappa shape index (κ2) is 17.9. The average molecular weight is 1310 g/mol. The molecule has 12 aromatic carbocycles. The van der Waals surface area contributed by atoms with Crippen molar-refractivity contribution in [3.63, 3.8) is 0 Å². The molecule has 0 saturated heterocycles. The van der Waals surface area contributed by atoms with Crippen molar-refractivity contribution in [2.75, 3.05) is 0 Å². The molecule has 0 N–H and O–H groups in total. The third kappa shape index (κ3) is 6.28. The quantitative estimate of drug-likeness (QED) is 0.166. The van der Waals surface area contributed by atoms with Crippen LogP contribution in [0.4, 0.5) is 0 Å². The van der Waals surface area contributed by atoms with Gasteiger partial charge in [-0.2, -0.15) is 0 Å². The molecule has 7 aliphatic rings. The van der Waals surface area contributed by atoms with Crippen molar-refractivity contribution in [1.82, 2.24) is 28.2 Å². The summed E-state index contributed by atoms with van der Waals surface area (Å²) < 4.78 is 10.4. The summed E-state index contributed by atoms with van der Waals surface area (Å²) in [6.07, 6.45) is 0. The first-order valence-electron chi connectivity index (χ1n) is 37.2. The van der Waals surface area contributed by atoms with E-state index >= 15 is 0 Å². The lowest BCUT2D eigenvalue weighted by Crippen LogP contribution is -2.61. The monoisotopic (exact) mass is 1310 g/mol. The van der Waals surface area contributed by atoms with Crippen LogP contribution in [-0.2, 0) is 27.1 Å². The van der Waals surface area contributed by atoms with Crippen LogP contribution in [0.1, 0.15) is 136 Å². The van der Waals surface area contributed by atoms with E-state index < -0.39 is 0 Å². The van der Waals surface area contributed by atoms with Gasteiger partial charge in [0, 0.05) is 77.3 Å². The number of para-hydroxylation sites is 2. The number of rotatable bonds is 3. The van der Waals surface area contributed by atoms with Gasteiger partial charge in [-0.3, -0.25) is 9.13 Å². The molecule has 0 unspecified atom stereocenters. The van der Waals surface area contributed by atoms with E-state index in [1.165, 1.54) is 171 Å². The molecule has 6 nitrogen and oxygen atoms in total. The summed E-state index contributed by atoms with van der Waals surface area (Å²) in [6.45, 7) is 37.2.